The van der Waals surface area contributed by atoms with E-state index in [4.69, 9.17) is 9.47 Å². The number of aromatic nitrogens is 5. The van der Waals surface area contributed by atoms with Crippen LogP contribution >= 0.6 is 11.8 Å². The molecule has 3 aromatic heterocycles. The third kappa shape index (κ3) is 4.31. The summed E-state index contributed by atoms with van der Waals surface area (Å²) in [7, 11) is 1.90. The van der Waals surface area contributed by atoms with Crippen molar-refractivity contribution in [2.75, 3.05) is 12.4 Å². The van der Waals surface area contributed by atoms with Crippen molar-refractivity contribution in [1.29, 1.82) is 0 Å². The predicted octanol–water partition coefficient (Wildman–Crippen LogP) is 4.11. The smallest absolute Gasteiger partial charge is 0.191 e. The fourth-order valence-electron chi connectivity index (χ4n) is 4.12. The average molecular weight is 476 g/mol. The Balaban J connectivity index is 1.26. The van der Waals surface area contributed by atoms with Crippen molar-refractivity contribution in [3.05, 3.63) is 71.8 Å². The molecular weight excluding hydrogens is 450 g/mol. The van der Waals surface area contributed by atoms with Gasteiger partial charge in [-0.3, -0.25) is 9.78 Å². The van der Waals surface area contributed by atoms with Crippen LogP contribution in [-0.4, -0.2) is 48.6 Å². The Morgan fingerprint density at radius 1 is 1.12 bits per heavy atom. The molecule has 0 fully saturated rings. The van der Waals surface area contributed by atoms with Gasteiger partial charge in [0.15, 0.2) is 34.4 Å². The maximum absolute atomic E-state index is 13.1. The fourth-order valence-corrected chi connectivity index (χ4v) is 4.92. The molecule has 0 N–H and O–H groups in total. The molecule has 0 unspecified atom stereocenters. The highest BCUT2D eigenvalue weighted by atomic mass is 32.2. The number of carbonyl (C=O) groups excluding carboxylic acids is 1. The van der Waals surface area contributed by atoms with Crippen LogP contribution < -0.4 is 9.47 Å². The van der Waals surface area contributed by atoms with Gasteiger partial charge >= 0.3 is 0 Å². The number of Topliss-reactive ketones (excluding diaryl/α,β-unsaturated/α-hetero) is 1. The molecule has 8 nitrogen and oxygen atoms in total. The SMILES string of the molecule is Cc1cc(C(=O)CSc2nnc(-c3ccncc3)n2C)c(C)n1C[C@@H]1COc2ccccc2O1. The van der Waals surface area contributed by atoms with Crippen molar-refractivity contribution in [3.8, 4) is 22.9 Å². The second-order valence-corrected chi connectivity index (χ2v) is 9.15. The number of para-hydroxylation sites is 2. The number of carbonyl (C=O) groups is 1. The summed E-state index contributed by atoms with van der Waals surface area (Å²) in [5.74, 6) is 2.60. The minimum absolute atomic E-state index is 0.0592. The summed E-state index contributed by atoms with van der Waals surface area (Å²) in [5.41, 5.74) is 3.61. The molecule has 0 aliphatic carbocycles. The largest absolute Gasteiger partial charge is 0.486 e. The number of pyridine rings is 1. The number of benzene rings is 1. The first-order valence-electron chi connectivity index (χ1n) is 11.0. The zero-order valence-electron chi connectivity index (χ0n) is 19.3. The van der Waals surface area contributed by atoms with Crippen molar-refractivity contribution < 1.29 is 14.3 Å². The summed E-state index contributed by atoms with van der Waals surface area (Å²) in [5, 5.41) is 9.24. The minimum atomic E-state index is -0.123. The number of ketones is 1. The molecule has 0 amide bonds. The monoisotopic (exact) mass is 475 g/mol. The number of fused-ring (bicyclic) bond motifs is 1. The maximum atomic E-state index is 13.1. The van der Waals surface area contributed by atoms with E-state index in [-0.39, 0.29) is 17.6 Å². The molecule has 1 aliphatic rings. The lowest BCUT2D eigenvalue weighted by molar-refractivity contribution is 0.0777. The van der Waals surface area contributed by atoms with E-state index < -0.39 is 0 Å². The van der Waals surface area contributed by atoms with E-state index in [2.05, 4.69) is 19.7 Å². The standard InChI is InChI=1S/C25H25N5O3S/c1-16-12-20(17(2)30(16)13-19-14-32-22-6-4-5-7-23(22)33-19)21(31)15-34-25-28-27-24(29(25)3)18-8-10-26-11-9-18/h4-12,19H,13-15H2,1-3H3/t19-/m1/s1. The summed E-state index contributed by atoms with van der Waals surface area (Å²) in [6, 6.07) is 13.4. The number of nitrogens with zero attached hydrogens (tertiary/aromatic N) is 5. The summed E-state index contributed by atoms with van der Waals surface area (Å²) in [6.45, 7) is 5.08. The van der Waals surface area contributed by atoms with Crippen LogP contribution in [0.25, 0.3) is 11.4 Å². The van der Waals surface area contributed by atoms with E-state index >= 15 is 0 Å². The van der Waals surface area contributed by atoms with E-state index in [0.717, 1.165) is 39.8 Å². The molecule has 9 heteroatoms. The molecule has 0 bridgehead atoms. The molecule has 1 aromatic carbocycles. The van der Waals surface area contributed by atoms with Gasteiger partial charge in [-0.2, -0.15) is 0 Å². The number of ether oxygens (including phenoxy) is 2. The van der Waals surface area contributed by atoms with Crippen LogP contribution in [0.1, 0.15) is 21.7 Å². The first-order chi connectivity index (χ1) is 16.5. The van der Waals surface area contributed by atoms with Crippen LogP contribution in [0.2, 0.25) is 0 Å². The first-order valence-corrected chi connectivity index (χ1v) is 12.0. The third-order valence-electron chi connectivity index (χ3n) is 5.93. The van der Waals surface area contributed by atoms with Crippen molar-refractivity contribution >= 4 is 17.5 Å². The van der Waals surface area contributed by atoms with Crippen molar-refractivity contribution in [2.24, 2.45) is 7.05 Å². The van der Waals surface area contributed by atoms with Gasteiger partial charge in [0.1, 0.15) is 6.61 Å². The Morgan fingerprint density at radius 3 is 2.68 bits per heavy atom. The van der Waals surface area contributed by atoms with E-state index in [1.165, 1.54) is 11.8 Å². The highest BCUT2D eigenvalue weighted by Gasteiger charge is 2.24. The third-order valence-corrected chi connectivity index (χ3v) is 6.95. The van der Waals surface area contributed by atoms with Gasteiger partial charge in [-0.05, 0) is 44.2 Å². The number of thioether (sulfide) groups is 1. The number of hydrogen-bond donors (Lipinski definition) is 0. The van der Waals surface area contributed by atoms with Crippen molar-refractivity contribution in [3.63, 3.8) is 0 Å². The van der Waals surface area contributed by atoms with Gasteiger partial charge in [-0.15, -0.1) is 10.2 Å². The second kappa shape index (κ2) is 9.34. The number of rotatable bonds is 7. The lowest BCUT2D eigenvalue weighted by atomic mass is 10.2. The normalized spacial score (nSPS) is 14.9. The van der Waals surface area contributed by atoms with Crippen LogP contribution in [0.15, 0.2) is 60.0 Å². The Kier molecular flexibility index (Phi) is 6.10. The van der Waals surface area contributed by atoms with Crippen LogP contribution in [0.4, 0.5) is 0 Å². The topological polar surface area (TPSA) is 84.1 Å². The molecule has 34 heavy (non-hydrogen) atoms. The van der Waals surface area contributed by atoms with Gasteiger partial charge < -0.3 is 18.6 Å². The van der Waals surface area contributed by atoms with Gasteiger partial charge in [0.05, 0.1) is 12.3 Å². The molecule has 0 saturated carbocycles. The molecule has 4 heterocycles. The average Bonchev–Trinajstić information content (AvgIpc) is 3.37. The van der Waals surface area contributed by atoms with E-state index in [1.807, 2.05) is 67.9 Å². The molecule has 1 aliphatic heterocycles. The van der Waals surface area contributed by atoms with Gasteiger partial charge in [0.2, 0.25) is 0 Å². The molecule has 174 valence electrons. The lowest BCUT2D eigenvalue weighted by Gasteiger charge is -2.27. The highest BCUT2D eigenvalue weighted by molar-refractivity contribution is 7.99. The summed E-state index contributed by atoms with van der Waals surface area (Å²) in [4.78, 5) is 17.1. The molecule has 5 rings (SSSR count). The molecular formula is C25H25N5O3S. The summed E-state index contributed by atoms with van der Waals surface area (Å²) < 4.78 is 16.0. The molecule has 4 aromatic rings. The lowest BCUT2D eigenvalue weighted by Crippen LogP contribution is -2.33. The van der Waals surface area contributed by atoms with E-state index in [1.54, 1.807) is 12.4 Å². The number of aryl methyl sites for hydroxylation is 1. The second-order valence-electron chi connectivity index (χ2n) is 8.21. The Morgan fingerprint density at radius 2 is 1.88 bits per heavy atom. The zero-order valence-corrected chi connectivity index (χ0v) is 20.1. The van der Waals surface area contributed by atoms with E-state index in [0.29, 0.717) is 18.3 Å². The minimum Gasteiger partial charge on any atom is -0.486 e. The maximum Gasteiger partial charge on any atom is 0.191 e. The molecule has 0 radical (unpaired) electrons. The zero-order chi connectivity index (χ0) is 23.7. The van der Waals surface area contributed by atoms with Gasteiger partial charge in [-0.1, -0.05) is 23.9 Å². The first kappa shape index (κ1) is 22.2. The molecule has 1 atom stereocenters. The fraction of sp³-hybridized carbons (Fsp3) is 0.280. The molecule has 0 spiro atoms. The van der Waals surface area contributed by atoms with Gasteiger partial charge in [-0.25, -0.2) is 0 Å². The quantitative estimate of drug-likeness (QED) is 0.294. The van der Waals surface area contributed by atoms with Gasteiger partial charge in [0, 0.05) is 42.0 Å². The molecule has 0 saturated heterocycles. The van der Waals surface area contributed by atoms with Crippen LogP contribution in [-0.2, 0) is 13.6 Å². The Hall–Kier alpha value is -3.59. The highest BCUT2D eigenvalue weighted by Crippen LogP contribution is 2.32. The van der Waals surface area contributed by atoms with Gasteiger partial charge in [0.25, 0.3) is 0 Å². The van der Waals surface area contributed by atoms with Crippen molar-refractivity contribution in [2.45, 2.75) is 31.7 Å². The summed E-state index contributed by atoms with van der Waals surface area (Å²) in [6.07, 6.45) is 3.32. The number of hydrogen-bond acceptors (Lipinski definition) is 7. The van der Waals surface area contributed by atoms with Crippen LogP contribution in [0.5, 0.6) is 11.5 Å². The van der Waals surface area contributed by atoms with E-state index in [9.17, 15) is 4.79 Å². The van der Waals surface area contributed by atoms with Crippen LogP contribution in [0, 0.1) is 13.8 Å². The van der Waals surface area contributed by atoms with Crippen molar-refractivity contribution in [1.82, 2.24) is 24.3 Å². The summed E-state index contributed by atoms with van der Waals surface area (Å²) >= 11 is 1.39. The Bertz CT molecular complexity index is 1330. The predicted molar refractivity (Wildman–Crippen MR) is 130 cm³/mol. The Labute approximate surface area is 201 Å². The van der Waals surface area contributed by atoms with Crippen LogP contribution in [0.3, 0.4) is 0 Å².